The number of hydrogen-bond donors (Lipinski definition) is 2. The van der Waals surface area contributed by atoms with Crippen LogP contribution in [-0.4, -0.2) is 62.9 Å². The minimum absolute atomic E-state index is 0.0824. The number of ether oxygens (including phenoxy) is 1. The molecule has 1 atom stereocenters. The van der Waals surface area contributed by atoms with Crippen LogP contribution in [-0.2, 0) is 4.79 Å². The second-order valence-corrected chi connectivity index (χ2v) is 12.6. The first-order chi connectivity index (χ1) is 20.5. The Kier molecular flexibility index (Phi) is 7.17. The van der Waals surface area contributed by atoms with E-state index < -0.39 is 11.3 Å². The van der Waals surface area contributed by atoms with E-state index >= 15 is 0 Å². The number of nitrogens with one attached hydrogen (secondary N) is 2. The Morgan fingerprint density at radius 1 is 0.930 bits per heavy atom. The summed E-state index contributed by atoms with van der Waals surface area (Å²) >= 11 is 1.04. The molecule has 2 N–H and O–H groups in total. The zero-order chi connectivity index (χ0) is 30.5. The van der Waals surface area contributed by atoms with Crippen LogP contribution in [0.3, 0.4) is 0 Å². The monoisotopic (exact) mass is 597 g/mol. The Labute approximate surface area is 252 Å². The lowest BCUT2D eigenvalue weighted by molar-refractivity contribution is -0.124. The molecule has 2 aliphatic rings. The highest BCUT2D eigenvalue weighted by Crippen LogP contribution is 2.51. The number of amides is 3. The number of carbonyl (C=O) groups is 3. The molecule has 43 heavy (non-hydrogen) atoms. The third-order valence-corrected chi connectivity index (χ3v) is 8.46. The summed E-state index contributed by atoms with van der Waals surface area (Å²) in [6, 6.07) is 15.1. The number of aryl methyl sites for hydroxylation is 1. The number of rotatable bonds is 7. The molecule has 3 amide bonds. The predicted octanol–water partition coefficient (Wildman–Crippen LogP) is 4.80. The molecule has 4 aromatic rings. The van der Waals surface area contributed by atoms with E-state index in [0.717, 1.165) is 46.6 Å². The Morgan fingerprint density at radius 2 is 1.60 bits per heavy atom. The molecule has 1 saturated carbocycles. The fourth-order valence-electron chi connectivity index (χ4n) is 5.07. The standard InChI is InChI=1S/C31H31N7O4S/c1-16-6-13-20-23(31(2,3)29(41)35-30-37-36-27(43-30)24(39)33-19-11-12-19)21-14-15-22(34-26(21)42-25(20)32-16)17-7-9-18(10-8-17)28(40)38(4)5/h6-10,13-15,19,23H,11-12H2,1-5H3,(H,33,39)(H,35,37,41)/t23-/m0/s1. The van der Waals surface area contributed by atoms with Gasteiger partial charge in [0, 0.05) is 54.0 Å². The highest BCUT2D eigenvalue weighted by atomic mass is 32.1. The first-order valence-corrected chi connectivity index (χ1v) is 14.8. The highest BCUT2D eigenvalue weighted by Gasteiger charge is 2.45. The minimum atomic E-state index is -1.01. The van der Waals surface area contributed by atoms with Gasteiger partial charge in [0.2, 0.25) is 27.8 Å². The lowest BCUT2D eigenvalue weighted by Gasteiger charge is -2.37. The molecule has 0 unspecified atom stereocenters. The summed E-state index contributed by atoms with van der Waals surface area (Å²) < 4.78 is 6.22. The van der Waals surface area contributed by atoms with Crippen molar-refractivity contribution >= 4 is 34.2 Å². The van der Waals surface area contributed by atoms with Crippen LogP contribution in [0.15, 0.2) is 48.5 Å². The third kappa shape index (κ3) is 5.57. The molecule has 1 aromatic carbocycles. The smallest absolute Gasteiger partial charge is 0.282 e. The van der Waals surface area contributed by atoms with Crippen molar-refractivity contribution in [2.45, 2.75) is 45.6 Å². The van der Waals surface area contributed by atoms with Gasteiger partial charge in [0.25, 0.3) is 11.8 Å². The zero-order valence-corrected chi connectivity index (χ0v) is 25.3. The van der Waals surface area contributed by atoms with Crippen molar-refractivity contribution in [1.29, 1.82) is 0 Å². The van der Waals surface area contributed by atoms with Gasteiger partial charge in [-0.05, 0) is 44.0 Å². The minimum Gasteiger partial charge on any atom is -0.420 e. The average Bonchev–Trinajstić information content (AvgIpc) is 3.68. The van der Waals surface area contributed by atoms with Crippen LogP contribution in [0.1, 0.15) is 69.6 Å². The second-order valence-electron chi connectivity index (χ2n) is 11.6. The van der Waals surface area contributed by atoms with Gasteiger partial charge in [-0.25, -0.2) is 9.97 Å². The van der Waals surface area contributed by atoms with Crippen molar-refractivity contribution in [2.24, 2.45) is 5.41 Å². The highest BCUT2D eigenvalue weighted by molar-refractivity contribution is 7.17. The number of hydrogen-bond acceptors (Lipinski definition) is 9. The van der Waals surface area contributed by atoms with Gasteiger partial charge in [0.1, 0.15) is 0 Å². The van der Waals surface area contributed by atoms with Crippen LogP contribution in [0.4, 0.5) is 5.13 Å². The van der Waals surface area contributed by atoms with E-state index in [1.165, 1.54) is 4.90 Å². The van der Waals surface area contributed by atoms with Gasteiger partial charge in [-0.15, -0.1) is 10.2 Å². The van der Waals surface area contributed by atoms with Gasteiger partial charge >= 0.3 is 0 Å². The molecule has 12 heteroatoms. The van der Waals surface area contributed by atoms with Gasteiger partial charge in [0.05, 0.1) is 11.1 Å². The van der Waals surface area contributed by atoms with E-state index in [1.54, 1.807) is 26.2 Å². The van der Waals surface area contributed by atoms with E-state index in [4.69, 9.17) is 9.72 Å². The number of fused-ring (bicyclic) bond motifs is 2. The van der Waals surface area contributed by atoms with Crippen LogP contribution in [0.2, 0.25) is 0 Å². The van der Waals surface area contributed by atoms with Crippen LogP contribution in [0, 0.1) is 12.3 Å². The number of nitrogens with zero attached hydrogens (tertiary/aromatic N) is 5. The predicted molar refractivity (Wildman–Crippen MR) is 161 cm³/mol. The van der Waals surface area contributed by atoms with Crippen molar-refractivity contribution < 1.29 is 19.1 Å². The SMILES string of the molecule is Cc1ccc2c(n1)Oc1nc(-c3ccc(C(=O)N(C)C)cc3)ccc1[C@H]2C(C)(C)C(=O)Nc1nnc(C(=O)NC2CC2)s1. The molecule has 1 aliphatic carbocycles. The maximum atomic E-state index is 13.8. The van der Waals surface area contributed by atoms with Crippen LogP contribution in [0.25, 0.3) is 11.3 Å². The van der Waals surface area contributed by atoms with E-state index in [0.29, 0.717) is 23.0 Å². The fraction of sp³-hybridized carbons (Fsp3) is 0.323. The van der Waals surface area contributed by atoms with Crippen LogP contribution >= 0.6 is 11.3 Å². The van der Waals surface area contributed by atoms with E-state index in [1.807, 2.05) is 57.2 Å². The lowest BCUT2D eigenvalue weighted by Crippen LogP contribution is -2.38. The summed E-state index contributed by atoms with van der Waals surface area (Å²) in [5.41, 5.74) is 3.32. The number of anilines is 1. The van der Waals surface area contributed by atoms with Gasteiger partial charge in [0.15, 0.2) is 0 Å². The molecule has 0 bridgehead atoms. The molecule has 11 nitrogen and oxygen atoms in total. The van der Waals surface area contributed by atoms with E-state index in [9.17, 15) is 14.4 Å². The summed E-state index contributed by atoms with van der Waals surface area (Å²) in [5.74, 6) is -0.364. The molecule has 0 spiro atoms. The van der Waals surface area contributed by atoms with Crippen LogP contribution in [0.5, 0.6) is 11.8 Å². The molecular weight excluding hydrogens is 566 g/mol. The van der Waals surface area contributed by atoms with Gasteiger partial charge in [-0.2, -0.15) is 0 Å². The van der Waals surface area contributed by atoms with Crippen molar-refractivity contribution in [1.82, 2.24) is 30.4 Å². The first-order valence-electron chi connectivity index (χ1n) is 14.0. The molecule has 6 rings (SSSR count). The topological polar surface area (TPSA) is 139 Å². The maximum Gasteiger partial charge on any atom is 0.282 e. The molecule has 3 aromatic heterocycles. The molecule has 4 heterocycles. The van der Waals surface area contributed by atoms with Crippen molar-refractivity contribution in [3.63, 3.8) is 0 Å². The number of pyridine rings is 2. The number of aromatic nitrogens is 4. The molecule has 0 radical (unpaired) electrons. The van der Waals surface area contributed by atoms with Gasteiger partial charge in [-0.1, -0.05) is 49.4 Å². The Morgan fingerprint density at radius 3 is 2.28 bits per heavy atom. The molecule has 220 valence electrons. The van der Waals surface area contributed by atoms with Gasteiger partial charge < -0.3 is 20.3 Å². The van der Waals surface area contributed by atoms with Crippen molar-refractivity contribution in [2.75, 3.05) is 19.4 Å². The molecule has 0 saturated heterocycles. The van der Waals surface area contributed by atoms with E-state index in [2.05, 4.69) is 25.8 Å². The second kappa shape index (κ2) is 10.8. The Bertz CT molecular complexity index is 1750. The molecule has 1 fully saturated rings. The summed E-state index contributed by atoms with van der Waals surface area (Å²) in [4.78, 5) is 49.5. The molecular formula is C31H31N7O4S. The average molecular weight is 598 g/mol. The normalized spacial score (nSPS) is 15.5. The quantitative estimate of drug-likeness (QED) is 0.310. The van der Waals surface area contributed by atoms with Gasteiger partial charge in [-0.3, -0.25) is 14.4 Å². The molecule has 1 aliphatic heterocycles. The number of carbonyl (C=O) groups excluding carboxylic acids is 3. The summed E-state index contributed by atoms with van der Waals surface area (Å²) in [7, 11) is 3.42. The van der Waals surface area contributed by atoms with Crippen LogP contribution < -0.4 is 15.4 Å². The number of benzene rings is 1. The summed E-state index contributed by atoms with van der Waals surface area (Å²) in [6.07, 6.45) is 1.93. The Balaban J connectivity index is 1.31. The third-order valence-electron chi connectivity index (χ3n) is 7.63. The largest absolute Gasteiger partial charge is 0.420 e. The first kappa shape index (κ1) is 28.4. The van der Waals surface area contributed by atoms with E-state index in [-0.39, 0.29) is 33.9 Å². The Hall–Kier alpha value is -4.71. The summed E-state index contributed by atoms with van der Waals surface area (Å²) in [5, 5.41) is 14.2. The summed E-state index contributed by atoms with van der Waals surface area (Å²) in [6.45, 7) is 5.57. The zero-order valence-electron chi connectivity index (χ0n) is 24.5. The fourth-order valence-corrected chi connectivity index (χ4v) is 5.71. The van der Waals surface area contributed by atoms with Crippen molar-refractivity contribution in [3.8, 4) is 23.0 Å². The maximum absolute atomic E-state index is 13.8. The lowest BCUT2D eigenvalue weighted by atomic mass is 9.70. The van der Waals surface area contributed by atoms with Crippen molar-refractivity contribution in [3.05, 3.63) is 75.9 Å².